The summed E-state index contributed by atoms with van der Waals surface area (Å²) >= 11 is 1.72. The fraction of sp³-hybridized carbons (Fsp3) is 0.111. The van der Waals surface area contributed by atoms with Gasteiger partial charge in [0.1, 0.15) is 0 Å². The highest BCUT2D eigenvalue weighted by Crippen LogP contribution is 2.26. The summed E-state index contributed by atoms with van der Waals surface area (Å²) in [6, 6.07) is 19.4. The van der Waals surface area contributed by atoms with Crippen molar-refractivity contribution < 1.29 is 8.42 Å². The van der Waals surface area contributed by atoms with E-state index in [2.05, 4.69) is 41.2 Å². The Bertz CT molecular complexity index is 908. The Morgan fingerprint density at radius 1 is 0.913 bits per heavy atom. The Hall–Kier alpha value is -1.98. The van der Waals surface area contributed by atoms with Crippen LogP contribution in [0.25, 0.3) is 16.9 Å². The number of hydrogen-bond acceptors (Lipinski definition) is 3. The third-order valence-corrected chi connectivity index (χ3v) is 5.55. The summed E-state index contributed by atoms with van der Waals surface area (Å²) in [5.74, 6) is 0. The van der Waals surface area contributed by atoms with Crippen molar-refractivity contribution in [1.82, 2.24) is 4.57 Å². The molecule has 0 fully saturated rings. The quantitative estimate of drug-likeness (QED) is 0.664. The fourth-order valence-electron chi connectivity index (χ4n) is 2.46. The maximum absolute atomic E-state index is 11.6. The first-order valence-corrected chi connectivity index (χ1v) is 10.2. The molecular weight excluding hydrogens is 326 g/mol. The van der Waals surface area contributed by atoms with Gasteiger partial charge in [-0.25, -0.2) is 8.42 Å². The topological polar surface area (TPSA) is 39.1 Å². The highest BCUT2D eigenvalue weighted by Gasteiger charge is 2.09. The van der Waals surface area contributed by atoms with Gasteiger partial charge >= 0.3 is 0 Å². The summed E-state index contributed by atoms with van der Waals surface area (Å²) < 4.78 is 25.2. The van der Waals surface area contributed by atoms with Crippen LogP contribution >= 0.6 is 11.8 Å². The van der Waals surface area contributed by atoms with Gasteiger partial charge in [0.2, 0.25) is 0 Å². The van der Waals surface area contributed by atoms with Crippen molar-refractivity contribution in [2.75, 3.05) is 12.5 Å². The molecule has 0 atom stereocenters. The van der Waals surface area contributed by atoms with Crippen molar-refractivity contribution in [2.24, 2.45) is 0 Å². The minimum Gasteiger partial charge on any atom is -0.317 e. The molecule has 1 aromatic heterocycles. The molecule has 0 amide bonds. The van der Waals surface area contributed by atoms with Crippen LogP contribution in [0.1, 0.15) is 0 Å². The van der Waals surface area contributed by atoms with Crippen molar-refractivity contribution in [3.63, 3.8) is 0 Å². The number of sulfone groups is 1. The third kappa shape index (κ3) is 3.35. The number of benzene rings is 2. The Balaban J connectivity index is 2.00. The van der Waals surface area contributed by atoms with E-state index in [-0.39, 0.29) is 0 Å². The van der Waals surface area contributed by atoms with E-state index in [4.69, 9.17) is 0 Å². The van der Waals surface area contributed by atoms with Crippen LogP contribution in [0.4, 0.5) is 0 Å². The van der Waals surface area contributed by atoms with Gasteiger partial charge in [-0.1, -0.05) is 12.1 Å². The van der Waals surface area contributed by atoms with Gasteiger partial charge in [-0.2, -0.15) is 0 Å². The van der Waals surface area contributed by atoms with E-state index in [1.54, 1.807) is 23.9 Å². The van der Waals surface area contributed by atoms with E-state index < -0.39 is 9.84 Å². The van der Waals surface area contributed by atoms with Crippen LogP contribution in [0.15, 0.2) is 76.7 Å². The van der Waals surface area contributed by atoms with E-state index >= 15 is 0 Å². The summed E-state index contributed by atoms with van der Waals surface area (Å²) in [5.41, 5.74) is 3.14. The number of nitrogens with zero attached hydrogens (tertiary/aromatic N) is 1. The Morgan fingerprint density at radius 2 is 1.57 bits per heavy atom. The van der Waals surface area contributed by atoms with Crippen LogP contribution in [0.5, 0.6) is 0 Å². The SMILES string of the molecule is CSc1ccc(-c2cccn2-c2ccc(S(C)(=O)=O)cc2)cc1. The van der Waals surface area contributed by atoms with E-state index in [0.717, 1.165) is 16.9 Å². The predicted octanol–water partition coefficient (Wildman–Crippen LogP) is 4.27. The van der Waals surface area contributed by atoms with E-state index in [1.807, 2.05) is 24.4 Å². The summed E-state index contributed by atoms with van der Waals surface area (Å²) in [7, 11) is -3.17. The normalized spacial score (nSPS) is 11.6. The van der Waals surface area contributed by atoms with Gasteiger partial charge in [0.25, 0.3) is 0 Å². The molecule has 0 spiro atoms. The number of rotatable bonds is 4. The van der Waals surface area contributed by atoms with Crippen molar-refractivity contribution in [2.45, 2.75) is 9.79 Å². The van der Waals surface area contributed by atoms with Crippen LogP contribution in [-0.4, -0.2) is 25.5 Å². The molecular formula is C18H17NO2S2. The lowest BCUT2D eigenvalue weighted by atomic mass is 10.1. The molecule has 5 heteroatoms. The molecule has 3 rings (SSSR count). The maximum Gasteiger partial charge on any atom is 0.175 e. The Kier molecular flexibility index (Phi) is 4.33. The summed E-state index contributed by atoms with van der Waals surface area (Å²) in [4.78, 5) is 1.56. The Morgan fingerprint density at radius 3 is 2.13 bits per heavy atom. The zero-order valence-corrected chi connectivity index (χ0v) is 14.6. The molecule has 0 aliphatic rings. The first-order chi connectivity index (χ1) is 11.0. The van der Waals surface area contributed by atoms with Gasteiger partial charge in [-0.15, -0.1) is 11.8 Å². The molecule has 3 nitrogen and oxygen atoms in total. The first-order valence-electron chi connectivity index (χ1n) is 7.11. The second kappa shape index (κ2) is 6.26. The van der Waals surface area contributed by atoms with Crippen molar-refractivity contribution in [3.8, 4) is 16.9 Å². The molecule has 1 heterocycles. The van der Waals surface area contributed by atoms with Crippen LogP contribution < -0.4 is 0 Å². The highest BCUT2D eigenvalue weighted by molar-refractivity contribution is 7.98. The summed E-state index contributed by atoms with van der Waals surface area (Å²) in [5, 5.41) is 0. The van der Waals surface area contributed by atoms with E-state index in [0.29, 0.717) is 4.90 Å². The van der Waals surface area contributed by atoms with Crippen molar-refractivity contribution in [1.29, 1.82) is 0 Å². The average molecular weight is 343 g/mol. The lowest BCUT2D eigenvalue weighted by Crippen LogP contribution is -1.99. The van der Waals surface area contributed by atoms with Crippen LogP contribution in [0.3, 0.4) is 0 Å². The van der Waals surface area contributed by atoms with Crippen molar-refractivity contribution in [3.05, 3.63) is 66.9 Å². The molecule has 0 saturated heterocycles. The molecule has 23 heavy (non-hydrogen) atoms. The highest BCUT2D eigenvalue weighted by atomic mass is 32.2. The zero-order chi connectivity index (χ0) is 16.4. The van der Waals surface area contributed by atoms with Crippen LogP contribution in [-0.2, 0) is 9.84 Å². The summed E-state index contributed by atoms with van der Waals surface area (Å²) in [6.07, 6.45) is 5.25. The monoisotopic (exact) mass is 343 g/mol. The van der Waals surface area contributed by atoms with E-state index in [9.17, 15) is 8.42 Å². The van der Waals surface area contributed by atoms with Gasteiger partial charge in [-0.3, -0.25) is 0 Å². The van der Waals surface area contributed by atoms with Gasteiger partial charge < -0.3 is 4.57 Å². The van der Waals surface area contributed by atoms with Gasteiger partial charge in [0.15, 0.2) is 9.84 Å². The minimum atomic E-state index is -3.17. The molecule has 118 valence electrons. The third-order valence-electron chi connectivity index (χ3n) is 3.68. The van der Waals surface area contributed by atoms with Gasteiger partial charge in [-0.05, 0) is 60.4 Å². The molecule has 0 bridgehead atoms. The maximum atomic E-state index is 11.6. The van der Waals surface area contributed by atoms with Crippen LogP contribution in [0, 0.1) is 0 Å². The van der Waals surface area contributed by atoms with Crippen LogP contribution in [0.2, 0.25) is 0 Å². The largest absolute Gasteiger partial charge is 0.317 e. The second-order valence-electron chi connectivity index (χ2n) is 5.26. The first kappa shape index (κ1) is 15.9. The molecule has 0 N–H and O–H groups in total. The number of aromatic nitrogens is 1. The molecule has 0 radical (unpaired) electrons. The number of hydrogen-bond donors (Lipinski definition) is 0. The Labute approximate surface area is 140 Å². The molecule has 3 aromatic rings. The number of thioether (sulfide) groups is 1. The minimum absolute atomic E-state index is 0.333. The molecule has 0 unspecified atom stereocenters. The fourth-order valence-corrected chi connectivity index (χ4v) is 3.50. The lowest BCUT2D eigenvalue weighted by Gasteiger charge is -2.10. The van der Waals surface area contributed by atoms with E-state index in [1.165, 1.54) is 11.2 Å². The van der Waals surface area contributed by atoms with Crippen molar-refractivity contribution >= 4 is 21.6 Å². The second-order valence-corrected chi connectivity index (χ2v) is 8.15. The predicted molar refractivity (Wildman–Crippen MR) is 96.1 cm³/mol. The zero-order valence-electron chi connectivity index (χ0n) is 12.9. The molecule has 0 aliphatic carbocycles. The lowest BCUT2D eigenvalue weighted by molar-refractivity contribution is 0.602. The molecule has 2 aromatic carbocycles. The standard InChI is InChI=1S/C18H17NO2S2/c1-22-16-9-5-14(6-10-16)18-4-3-13-19(18)15-7-11-17(12-8-15)23(2,20)21/h3-13H,1-2H3. The molecule has 0 aliphatic heterocycles. The summed E-state index contributed by atoms with van der Waals surface area (Å²) in [6.45, 7) is 0. The van der Waals surface area contributed by atoms with Gasteiger partial charge in [0, 0.05) is 23.0 Å². The average Bonchev–Trinajstić information content (AvgIpc) is 3.04. The smallest absolute Gasteiger partial charge is 0.175 e. The molecule has 0 saturated carbocycles. The van der Waals surface area contributed by atoms with Gasteiger partial charge in [0.05, 0.1) is 10.6 Å².